The maximum Gasteiger partial charge on any atom is 0.0689 e. The lowest BCUT2D eigenvalue weighted by atomic mass is 10.3. The van der Waals surface area contributed by atoms with Crippen LogP contribution in [0.25, 0.3) is 0 Å². The summed E-state index contributed by atoms with van der Waals surface area (Å²) in [4.78, 5) is 0. The first-order valence-electron chi connectivity index (χ1n) is 2.72. The fraction of sp³-hybridized carbons (Fsp3) is 1.00. The molecule has 0 aliphatic carbocycles. The summed E-state index contributed by atoms with van der Waals surface area (Å²) in [5, 5.41) is 8.83. The summed E-state index contributed by atoms with van der Waals surface area (Å²) in [6.45, 7) is 0.716. The summed E-state index contributed by atoms with van der Waals surface area (Å²) in [7, 11) is 0. The van der Waals surface area contributed by atoms with Crippen LogP contribution in [0.4, 0.5) is 0 Å². The van der Waals surface area contributed by atoms with Crippen molar-refractivity contribution in [2.45, 2.75) is 12.5 Å². The lowest BCUT2D eigenvalue weighted by molar-refractivity contribution is 0.189. The van der Waals surface area contributed by atoms with Gasteiger partial charge in [-0.15, -0.1) is 0 Å². The molecule has 54 valence electrons. The van der Waals surface area contributed by atoms with E-state index in [1.807, 2.05) is 0 Å². The SMILES string of the molecule is O=S([O-])N1CCC(O)C1. The molecule has 2 atom stereocenters. The van der Waals surface area contributed by atoms with Crippen molar-refractivity contribution in [2.24, 2.45) is 0 Å². The van der Waals surface area contributed by atoms with Crippen LogP contribution >= 0.6 is 0 Å². The van der Waals surface area contributed by atoms with Crippen molar-refractivity contribution in [2.75, 3.05) is 13.1 Å². The average molecular weight is 150 g/mol. The molecule has 1 fully saturated rings. The van der Waals surface area contributed by atoms with Crippen molar-refractivity contribution in [1.82, 2.24) is 4.31 Å². The Morgan fingerprint density at radius 3 is 2.67 bits per heavy atom. The molecule has 0 aromatic rings. The molecule has 1 heterocycles. The number of hydrogen-bond acceptors (Lipinski definition) is 3. The molecule has 2 unspecified atom stereocenters. The van der Waals surface area contributed by atoms with Crippen LogP contribution < -0.4 is 0 Å². The van der Waals surface area contributed by atoms with Gasteiger partial charge in [-0.1, -0.05) is 0 Å². The van der Waals surface area contributed by atoms with Crippen LogP contribution in [0.5, 0.6) is 0 Å². The highest BCUT2D eigenvalue weighted by molar-refractivity contribution is 7.76. The number of aliphatic hydroxyl groups excluding tert-OH is 1. The third-order valence-corrected chi connectivity index (χ3v) is 2.09. The Morgan fingerprint density at radius 2 is 2.44 bits per heavy atom. The van der Waals surface area contributed by atoms with Crippen molar-refractivity contribution in [3.8, 4) is 0 Å². The number of β-amino-alcohol motifs (C(OH)–C–C–N with tert-alkyl or cyclic N) is 1. The highest BCUT2D eigenvalue weighted by atomic mass is 32.2. The Labute approximate surface area is 55.9 Å². The maximum absolute atomic E-state index is 10.2. The van der Waals surface area contributed by atoms with E-state index in [4.69, 9.17) is 5.11 Å². The number of hydrogen-bond donors (Lipinski definition) is 1. The van der Waals surface area contributed by atoms with Gasteiger partial charge in [0.2, 0.25) is 0 Å². The molecule has 1 N–H and O–H groups in total. The minimum Gasteiger partial charge on any atom is -0.760 e. The molecule has 4 nitrogen and oxygen atoms in total. The normalized spacial score (nSPS) is 32.9. The van der Waals surface area contributed by atoms with Crippen LogP contribution in [0.15, 0.2) is 0 Å². The van der Waals surface area contributed by atoms with Crippen molar-refractivity contribution >= 4 is 11.3 Å². The topological polar surface area (TPSA) is 63.6 Å². The molecule has 5 heteroatoms. The third-order valence-electron chi connectivity index (χ3n) is 1.34. The lowest BCUT2D eigenvalue weighted by Gasteiger charge is -2.16. The quantitative estimate of drug-likeness (QED) is 0.480. The van der Waals surface area contributed by atoms with E-state index in [1.165, 1.54) is 4.31 Å². The smallest absolute Gasteiger partial charge is 0.0689 e. The van der Waals surface area contributed by atoms with E-state index in [1.54, 1.807) is 0 Å². The number of rotatable bonds is 1. The van der Waals surface area contributed by atoms with E-state index in [0.717, 1.165) is 0 Å². The number of nitrogens with zero attached hydrogens (tertiary/aromatic N) is 1. The van der Waals surface area contributed by atoms with E-state index in [0.29, 0.717) is 13.0 Å². The molecule has 0 aromatic heterocycles. The Morgan fingerprint density at radius 1 is 1.78 bits per heavy atom. The van der Waals surface area contributed by atoms with Crippen LogP contribution in [0.3, 0.4) is 0 Å². The molecule has 0 amide bonds. The van der Waals surface area contributed by atoms with Gasteiger partial charge in [0.15, 0.2) is 0 Å². The van der Waals surface area contributed by atoms with Gasteiger partial charge in [0.05, 0.1) is 6.10 Å². The summed E-state index contributed by atoms with van der Waals surface area (Å²) in [6.07, 6.45) is 0.108. The fourth-order valence-corrected chi connectivity index (χ4v) is 1.39. The van der Waals surface area contributed by atoms with Gasteiger partial charge in [0.1, 0.15) is 0 Å². The number of aliphatic hydroxyl groups is 1. The van der Waals surface area contributed by atoms with Crippen LogP contribution in [-0.4, -0.2) is 37.4 Å². The zero-order valence-corrected chi connectivity index (χ0v) is 5.63. The summed E-state index contributed by atoms with van der Waals surface area (Å²) in [6, 6.07) is 0. The molecule has 0 aromatic carbocycles. The Kier molecular flexibility index (Phi) is 2.18. The van der Waals surface area contributed by atoms with Crippen LogP contribution in [-0.2, 0) is 11.3 Å². The molecule has 1 aliphatic heterocycles. The van der Waals surface area contributed by atoms with Gasteiger partial charge in [-0.25, -0.2) is 4.31 Å². The van der Waals surface area contributed by atoms with Crippen LogP contribution in [0.1, 0.15) is 6.42 Å². The Balaban J connectivity index is 2.39. The van der Waals surface area contributed by atoms with Crippen molar-refractivity contribution in [1.29, 1.82) is 0 Å². The highest BCUT2D eigenvalue weighted by Gasteiger charge is 2.19. The van der Waals surface area contributed by atoms with Crippen LogP contribution in [0.2, 0.25) is 0 Å². The van der Waals surface area contributed by atoms with E-state index in [-0.39, 0.29) is 6.54 Å². The summed E-state index contributed by atoms with van der Waals surface area (Å²) < 4.78 is 21.5. The second kappa shape index (κ2) is 2.74. The molecule has 1 rings (SSSR count). The molecule has 0 radical (unpaired) electrons. The van der Waals surface area contributed by atoms with Gasteiger partial charge in [-0.05, 0) is 6.42 Å². The predicted molar refractivity (Wildman–Crippen MR) is 31.1 cm³/mol. The zero-order chi connectivity index (χ0) is 6.85. The van der Waals surface area contributed by atoms with Gasteiger partial charge < -0.3 is 9.66 Å². The zero-order valence-electron chi connectivity index (χ0n) is 4.82. The Hall–Kier alpha value is 0.0300. The molecule has 1 aliphatic rings. The first-order chi connectivity index (χ1) is 4.20. The maximum atomic E-state index is 10.2. The molecule has 0 spiro atoms. The van der Waals surface area contributed by atoms with Crippen molar-refractivity contribution < 1.29 is 13.9 Å². The predicted octanol–water partition coefficient (Wildman–Crippen LogP) is -1.15. The molecule has 0 bridgehead atoms. The van der Waals surface area contributed by atoms with Crippen molar-refractivity contribution in [3.05, 3.63) is 0 Å². The molecule has 9 heavy (non-hydrogen) atoms. The lowest BCUT2D eigenvalue weighted by Crippen LogP contribution is -2.23. The van der Waals surface area contributed by atoms with Crippen molar-refractivity contribution in [3.63, 3.8) is 0 Å². The monoisotopic (exact) mass is 150 g/mol. The second-order valence-electron chi connectivity index (χ2n) is 2.05. The fourth-order valence-electron chi connectivity index (χ4n) is 0.846. The third kappa shape index (κ3) is 1.72. The average Bonchev–Trinajstić information content (AvgIpc) is 2.14. The van der Waals surface area contributed by atoms with E-state index >= 15 is 0 Å². The summed E-state index contributed by atoms with van der Waals surface area (Å²) in [5.74, 6) is 0. The first-order valence-corrected chi connectivity index (χ1v) is 3.75. The van der Waals surface area contributed by atoms with Gasteiger partial charge in [-0.3, -0.25) is 4.21 Å². The van der Waals surface area contributed by atoms with E-state index in [9.17, 15) is 8.76 Å². The van der Waals surface area contributed by atoms with Crippen LogP contribution in [0, 0.1) is 0 Å². The first kappa shape index (κ1) is 7.14. The van der Waals surface area contributed by atoms with E-state index < -0.39 is 17.4 Å². The molecular weight excluding hydrogens is 142 g/mol. The highest BCUT2D eigenvalue weighted by Crippen LogP contribution is 2.08. The summed E-state index contributed by atoms with van der Waals surface area (Å²) in [5.41, 5.74) is 0. The van der Waals surface area contributed by atoms with Gasteiger partial charge in [0.25, 0.3) is 0 Å². The largest absolute Gasteiger partial charge is 0.760 e. The minimum atomic E-state index is -2.14. The van der Waals surface area contributed by atoms with Gasteiger partial charge >= 0.3 is 0 Å². The van der Waals surface area contributed by atoms with Gasteiger partial charge in [-0.2, -0.15) is 0 Å². The summed E-state index contributed by atoms with van der Waals surface area (Å²) >= 11 is -2.14. The molecule has 1 saturated heterocycles. The standard InChI is InChI=1S/C4H9NO3S/c6-4-1-2-5(3-4)9(7)8/h4,6H,1-3H2,(H,7,8)/p-1. The molecule has 0 saturated carbocycles. The van der Waals surface area contributed by atoms with Gasteiger partial charge in [0, 0.05) is 24.4 Å². The Bertz CT molecular complexity index is 129. The second-order valence-corrected chi connectivity index (χ2v) is 3.00. The molecular formula is C4H8NO3S-. The minimum absolute atomic E-state index is 0.260. The van der Waals surface area contributed by atoms with E-state index in [2.05, 4.69) is 0 Å².